The van der Waals surface area contributed by atoms with Crippen LogP contribution >= 0.6 is 0 Å². The standard InChI is InChI=1S/C14H20N2/c1-9(2)13-10(14(3,4)5)8-12-11(16-13)6-7-15-12/h6-9,15H,1-5H3. The van der Waals surface area contributed by atoms with E-state index in [2.05, 4.69) is 45.7 Å². The molecule has 0 atom stereocenters. The van der Waals surface area contributed by atoms with Crippen molar-refractivity contribution in [1.82, 2.24) is 9.97 Å². The van der Waals surface area contributed by atoms with Gasteiger partial charge in [0.15, 0.2) is 0 Å². The summed E-state index contributed by atoms with van der Waals surface area (Å²) in [5.74, 6) is 0.466. The van der Waals surface area contributed by atoms with E-state index < -0.39 is 0 Å². The topological polar surface area (TPSA) is 28.7 Å². The molecule has 2 rings (SSSR count). The predicted molar refractivity (Wildman–Crippen MR) is 68.9 cm³/mol. The number of aromatic amines is 1. The first-order chi connectivity index (χ1) is 7.39. The van der Waals surface area contributed by atoms with Gasteiger partial charge in [0.1, 0.15) is 0 Å². The molecule has 0 aliphatic heterocycles. The molecule has 0 aromatic carbocycles. The molecular formula is C14H20N2. The molecule has 2 heterocycles. The van der Waals surface area contributed by atoms with Crippen LogP contribution in [0.1, 0.15) is 51.8 Å². The highest BCUT2D eigenvalue weighted by Crippen LogP contribution is 2.31. The third kappa shape index (κ3) is 1.84. The van der Waals surface area contributed by atoms with Gasteiger partial charge in [0, 0.05) is 11.9 Å². The maximum absolute atomic E-state index is 4.77. The van der Waals surface area contributed by atoms with Gasteiger partial charge < -0.3 is 4.98 Å². The van der Waals surface area contributed by atoms with E-state index in [0.717, 1.165) is 11.0 Å². The molecule has 2 aromatic heterocycles. The van der Waals surface area contributed by atoms with Gasteiger partial charge in [0.2, 0.25) is 0 Å². The van der Waals surface area contributed by atoms with Crippen molar-refractivity contribution in [1.29, 1.82) is 0 Å². The summed E-state index contributed by atoms with van der Waals surface area (Å²) in [6.07, 6.45) is 1.95. The molecule has 2 heteroatoms. The van der Waals surface area contributed by atoms with Crippen LogP contribution in [0.15, 0.2) is 18.3 Å². The Morgan fingerprint density at radius 1 is 1.25 bits per heavy atom. The van der Waals surface area contributed by atoms with E-state index >= 15 is 0 Å². The Balaban J connectivity index is 2.72. The summed E-state index contributed by atoms with van der Waals surface area (Å²) in [5.41, 5.74) is 4.91. The molecule has 2 aromatic rings. The summed E-state index contributed by atoms with van der Waals surface area (Å²) in [7, 11) is 0. The zero-order valence-corrected chi connectivity index (χ0v) is 10.8. The Bertz CT molecular complexity index is 501. The highest BCUT2D eigenvalue weighted by atomic mass is 14.8. The number of nitrogens with one attached hydrogen (secondary N) is 1. The second kappa shape index (κ2) is 3.62. The normalized spacial score (nSPS) is 12.6. The Morgan fingerprint density at radius 2 is 1.94 bits per heavy atom. The van der Waals surface area contributed by atoms with Crippen molar-refractivity contribution >= 4 is 11.0 Å². The number of nitrogens with zero attached hydrogens (tertiary/aromatic N) is 1. The average Bonchev–Trinajstić information content (AvgIpc) is 2.60. The minimum atomic E-state index is 0.145. The van der Waals surface area contributed by atoms with E-state index in [1.807, 2.05) is 12.3 Å². The second-order valence-electron chi connectivity index (χ2n) is 5.74. The number of H-pyrrole nitrogens is 1. The molecule has 0 radical (unpaired) electrons. The van der Waals surface area contributed by atoms with Crippen LogP contribution in [0, 0.1) is 0 Å². The van der Waals surface area contributed by atoms with Gasteiger partial charge >= 0.3 is 0 Å². The number of rotatable bonds is 1. The van der Waals surface area contributed by atoms with Gasteiger partial charge in [0.25, 0.3) is 0 Å². The van der Waals surface area contributed by atoms with Gasteiger partial charge in [-0.2, -0.15) is 0 Å². The van der Waals surface area contributed by atoms with Crippen molar-refractivity contribution in [2.75, 3.05) is 0 Å². The molecule has 0 spiro atoms. The van der Waals surface area contributed by atoms with Crippen LogP contribution in [0.5, 0.6) is 0 Å². The van der Waals surface area contributed by atoms with Crippen molar-refractivity contribution in [3.8, 4) is 0 Å². The largest absolute Gasteiger partial charge is 0.360 e. The van der Waals surface area contributed by atoms with Gasteiger partial charge in [0.05, 0.1) is 11.0 Å². The zero-order chi connectivity index (χ0) is 11.9. The van der Waals surface area contributed by atoms with Gasteiger partial charge in [-0.25, -0.2) is 0 Å². The van der Waals surface area contributed by atoms with Crippen molar-refractivity contribution < 1.29 is 0 Å². The minimum absolute atomic E-state index is 0.145. The average molecular weight is 216 g/mol. The summed E-state index contributed by atoms with van der Waals surface area (Å²) in [6, 6.07) is 4.28. The lowest BCUT2D eigenvalue weighted by Crippen LogP contribution is -2.16. The molecule has 1 N–H and O–H groups in total. The highest BCUT2D eigenvalue weighted by Gasteiger charge is 2.21. The first-order valence-corrected chi connectivity index (χ1v) is 5.88. The van der Waals surface area contributed by atoms with Crippen LogP contribution in [0.2, 0.25) is 0 Å². The molecule has 86 valence electrons. The number of pyridine rings is 1. The van der Waals surface area contributed by atoms with E-state index in [1.54, 1.807) is 0 Å². The van der Waals surface area contributed by atoms with Crippen LogP contribution in [0.3, 0.4) is 0 Å². The Hall–Kier alpha value is -1.31. The summed E-state index contributed by atoms with van der Waals surface area (Å²) >= 11 is 0. The fourth-order valence-corrected chi connectivity index (χ4v) is 2.04. The summed E-state index contributed by atoms with van der Waals surface area (Å²) in [5, 5.41) is 0. The first-order valence-electron chi connectivity index (χ1n) is 5.88. The predicted octanol–water partition coefficient (Wildman–Crippen LogP) is 3.98. The monoisotopic (exact) mass is 216 g/mol. The molecule has 0 bridgehead atoms. The first kappa shape index (κ1) is 11.2. The summed E-state index contributed by atoms with van der Waals surface area (Å²) < 4.78 is 0. The zero-order valence-electron chi connectivity index (χ0n) is 10.8. The van der Waals surface area contributed by atoms with Crippen LogP contribution in [0.4, 0.5) is 0 Å². The number of hydrogen-bond donors (Lipinski definition) is 1. The fourth-order valence-electron chi connectivity index (χ4n) is 2.04. The number of aromatic nitrogens is 2. The molecule has 0 saturated carbocycles. The van der Waals surface area contributed by atoms with Gasteiger partial charge in [-0.1, -0.05) is 34.6 Å². The Kier molecular flexibility index (Phi) is 2.53. The molecular weight excluding hydrogens is 196 g/mol. The second-order valence-corrected chi connectivity index (χ2v) is 5.74. The Morgan fingerprint density at radius 3 is 2.50 bits per heavy atom. The highest BCUT2D eigenvalue weighted by molar-refractivity contribution is 5.76. The number of hydrogen-bond acceptors (Lipinski definition) is 1. The molecule has 0 saturated heterocycles. The summed E-state index contributed by atoms with van der Waals surface area (Å²) in [6.45, 7) is 11.1. The quantitative estimate of drug-likeness (QED) is 0.767. The molecule has 0 aliphatic carbocycles. The lowest BCUT2D eigenvalue weighted by atomic mass is 9.83. The van der Waals surface area contributed by atoms with Gasteiger partial charge in [-0.3, -0.25) is 4.98 Å². The third-order valence-corrected chi connectivity index (χ3v) is 2.92. The lowest BCUT2D eigenvalue weighted by Gasteiger charge is -2.24. The lowest BCUT2D eigenvalue weighted by molar-refractivity contribution is 0.572. The van der Waals surface area contributed by atoms with E-state index in [0.29, 0.717) is 5.92 Å². The molecule has 0 amide bonds. The van der Waals surface area contributed by atoms with E-state index in [4.69, 9.17) is 4.98 Å². The molecule has 16 heavy (non-hydrogen) atoms. The van der Waals surface area contributed by atoms with Gasteiger partial charge in [-0.05, 0) is 29.0 Å². The third-order valence-electron chi connectivity index (χ3n) is 2.92. The minimum Gasteiger partial charge on any atom is -0.360 e. The Labute approximate surface area is 97.1 Å². The van der Waals surface area contributed by atoms with E-state index in [9.17, 15) is 0 Å². The van der Waals surface area contributed by atoms with Crippen LogP contribution < -0.4 is 0 Å². The maximum Gasteiger partial charge on any atom is 0.0882 e. The smallest absolute Gasteiger partial charge is 0.0882 e. The van der Waals surface area contributed by atoms with Crippen molar-refractivity contribution in [3.63, 3.8) is 0 Å². The van der Waals surface area contributed by atoms with Crippen molar-refractivity contribution in [2.24, 2.45) is 0 Å². The molecule has 0 unspecified atom stereocenters. The van der Waals surface area contributed by atoms with E-state index in [-0.39, 0.29) is 5.41 Å². The van der Waals surface area contributed by atoms with Crippen LogP contribution in [-0.4, -0.2) is 9.97 Å². The van der Waals surface area contributed by atoms with Gasteiger partial charge in [-0.15, -0.1) is 0 Å². The van der Waals surface area contributed by atoms with Crippen molar-refractivity contribution in [3.05, 3.63) is 29.6 Å². The molecule has 2 nitrogen and oxygen atoms in total. The molecule has 0 fully saturated rings. The number of fused-ring (bicyclic) bond motifs is 1. The van der Waals surface area contributed by atoms with Crippen LogP contribution in [0.25, 0.3) is 11.0 Å². The van der Waals surface area contributed by atoms with Crippen LogP contribution in [-0.2, 0) is 5.41 Å². The molecule has 0 aliphatic rings. The SMILES string of the molecule is CC(C)c1nc2cc[nH]c2cc1C(C)(C)C. The fraction of sp³-hybridized carbons (Fsp3) is 0.500. The summed E-state index contributed by atoms with van der Waals surface area (Å²) in [4.78, 5) is 8.01. The van der Waals surface area contributed by atoms with E-state index in [1.165, 1.54) is 11.3 Å². The van der Waals surface area contributed by atoms with Crippen molar-refractivity contribution in [2.45, 2.75) is 46.0 Å². The maximum atomic E-state index is 4.77.